The van der Waals surface area contributed by atoms with Crippen LogP contribution in [0.1, 0.15) is 0 Å². The number of likely N-dealkylation sites (N-methyl/N-ethyl adjacent to an activating group) is 1. The topological polar surface area (TPSA) is 97.8 Å². The normalized spacial score (nSPS) is 11.4. The van der Waals surface area contributed by atoms with Crippen molar-refractivity contribution in [1.29, 1.82) is 0 Å². The van der Waals surface area contributed by atoms with Crippen LogP contribution in [0.2, 0.25) is 5.02 Å². The number of thiazole rings is 1. The molecule has 0 radical (unpaired) electrons. The van der Waals surface area contributed by atoms with Crippen molar-refractivity contribution in [3.8, 4) is 22.8 Å². The van der Waals surface area contributed by atoms with Crippen molar-refractivity contribution in [3.05, 3.63) is 52.9 Å². The number of hydrogen-bond donors (Lipinski definition) is 1. The fraction of sp³-hybridized carbons (Fsp3) is 0.200. The molecular weight excluding hydrogens is 462 g/mol. The van der Waals surface area contributed by atoms with Gasteiger partial charge in [-0.2, -0.15) is 4.31 Å². The van der Waals surface area contributed by atoms with E-state index in [1.807, 2.05) is 0 Å². The number of nitrogens with zero attached hydrogens (tertiary/aromatic N) is 2. The maximum atomic E-state index is 12.6. The van der Waals surface area contributed by atoms with Gasteiger partial charge < -0.3 is 14.8 Å². The van der Waals surface area contributed by atoms with E-state index in [1.54, 1.807) is 37.8 Å². The second-order valence-electron chi connectivity index (χ2n) is 6.37. The third kappa shape index (κ3) is 5.34. The number of methoxy groups -OCH3 is 2. The van der Waals surface area contributed by atoms with Gasteiger partial charge in [0.15, 0.2) is 5.13 Å². The molecule has 1 N–H and O–H groups in total. The lowest BCUT2D eigenvalue weighted by atomic mass is 10.1. The molecule has 0 fully saturated rings. The van der Waals surface area contributed by atoms with E-state index in [2.05, 4.69) is 10.3 Å². The van der Waals surface area contributed by atoms with Gasteiger partial charge in [-0.15, -0.1) is 11.3 Å². The van der Waals surface area contributed by atoms with Crippen molar-refractivity contribution in [2.75, 3.05) is 33.1 Å². The first kappa shape index (κ1) is 23.0. The van der Waals surface area contributed by atoms with Gasteiger partial charge in [0, 0.05) is 23.0 Å². The predicted molar refractivity (Wildman–Crippen MR) is 121 cm³/mol. The molecule has 1 amide bonds. The summed E-state index contributed by atoms with van der Waals surface area (Å²) >= 11 is 7.02. The molecule has 0 unspecified atom stereocenters. The van der Waals surface area contributed by atoms with Crippen LogP contribution >= 0.6 is 22.9 Å². The lowest BCUT2D eigenvalue weighted by Crippen LogP contribution is -2.34. The maximum absolute atomic E-state index is 12.6. The second-order valence-corrected chi connectivity index (χ2v) is 9.71. The summed E-state index contributed by atoms with van der Waals surface area (Å²) in [6.07, 6.45) is 0. The van der Waals surface area contributed by atoms with Crippen LogP contribution in [0.25, 0.3) is 11.3 Å². The number of rotatable bonds is 8. The molecule has 11 heteroatoms. The average molecular weight is 482 g/mol. The number of anilines is 1. The van der Waals surface area contributed by atoms with Gasteiger partial charge in [-0.1, -0.05) is 11.6 Å². The zero-order chi connectivity index (χ0) is 22.6. The fourth-order valence-electron chi connectivity index (χ4n) is 2.70. The summed E-state index contributed by atoms with van der Waals surface area (Å²) in [5, 5.41) is 5.15. The molecule has 3 rings (SSSR count). The monoisotopic (exact) mass is 481 g/mol. The third-order valence-corrected chi connectivity index (χ3v) is 7.15. The van der Waals surface area contributed by atoms with Crippen molar-refractivity contribution in [2.24, 2.45) is 0 Å². The first-order chi connectivity index (χ1) is 14.7. The number of amides is 1. The molecular formula is C20H20ClN3O5S2. The largest absolute Gasteiger partial charge is 0.497 e. The number of carbonyl (C=O) groups excluding carboxylic acids is 1. The number of halogens is 1. The van der Waals surface area contributed by atoms with E-state index < -0.39 is 15.9 Å². The fourth-order valence-corrected chi connectivity index (χ4v) is 4.68. The van der Waals surface area contributed by atoms with Gasteiger partial charge in [0.05, 0.1) is 31.4 Å². The summed E-state index contributed by atoms with van der Waals surface area (Å²) in [4.78, 5) is 16.9. The van der Waals surface area contributed by atoms with E-state index >= 15 is 0 Å². The van der Waals surface area contributed by atoms with Crippen LogP contribution in [-0.2, 0) is 14.8 Å². The Balaban J connectivity index is 1.71. The number of sulfonamides is 1. The Kier molecular flexibility index (Phi) is 7.16. The Labute approximate surface area is 189 Å². The quantitative estimate of drug-likeness (QED) is 0.526. The molecule has 0 spiro atoms. The van der Waals surface area contributed by atoms with E-state index in [4.69, 9.17) is 21.1 Å². The van der Waals surface area contributed by atoms with Crippen LogP contribution in [-0.4, -0.2) is 51.4 Å². The number of ether oxygens (including phenoxy) is 2. The molecule has 8 nitrogen and oxygen atoms in total. The minimum Gasteiger partial charge on any atom is -0.497 e. The molecule has 164 valence electrons. The van der Waals surface area contributed by atoms with Crippen LogP contribution in [0, 0.1) is 0 Å². The first-order valence-electron chi connectivity index (χ1n) is 8.94. The minimum atomic E-state index is -3.83. The molecule has 0 aliphatic rings. The van der Waals surface area contributed by atoms with Gasteiger partial charge in [-0.3, -0.25) is 4.79 Å². The van der Waals surface area contributed by atoms with Gasteiger partial charge in [0.1, 0.15) is 11.5 Å². The number of carbonyl (C=O) groups is 1. The van der Waals surface area contributed by atoms with E-state index in [9.17, 15) is 13.2 Å². The molecule has 0 atom stereocenters. The second kappa shape index (κ2) is 9.65. The number of hydrogen-bond acceptors (Lipinski definition) is 7. The summed E-state index contributed by atoms with van der Waals surface area (Å²) in [6.45, 7) is -0.373. The summed E-state index contributed by atoms with van der Waals surface area (Å²) in [6, 6.07) is 11.1. The summed E-state index contributed by atoms with van der Waals surface area (Å²) in [7, 11) is 0.615. The van der Waals surface area contributed by atoms with Gasteiger partial charge in [-0.25, -0.2) is 13.4 Å². The smallest absolute Gasteiger partial charge is 0.243 e. The molecule has 0 saturated carbocycles. The highest BCUT2D eigenvalue weighted by atomic mass is 35.5. The molecule has 1 aromatic heterocycles. The van der Waals surface area contributed by atoms with E-state index in [-0.39, 0.29) is 11.4 Å². The van der Waals surface area contributed by atoms with E-state index in [0.29, 0.717) is 32.9 Å². The van der Waals surface area contributed by atoms with Crippen molar-refractivity contribution in [3.63, 3.8) is 0 Å². The first-order valence-corrected chi connectivity index (χ1v) is 11.6. The molecule has 0 saturated heterocycles. The molecule has 3 aromatic rings. The van der Waals surface area contributed by atoms with E-state index in [0.717, 1.165) is 4.31 Å². The lowest BCUT2D eigenvalue weighted by Gasteiger charge is -2.16. The van der Waals surface area contributed by atoms with Gasteiger partial charge in [0.2, 0.25) is 15.9 Å². The Hall–Kier alpha value is -2.66. The molecule has 0 bridgehead atoms. The van der Waals surface area contributed by atoms with Crippen molar-refractivity contribution in [2.45, 2.75) is 4.90 Å². The number of benzene rings is 2. The third-order valence-electron chi connectivity index (χ3n) is 4.32. The molecule has 31 heavy (non-hydrogen) atoms. The summed E-state index contributed by atoms with van der Waals surface area (Å²) < 4.78 is 36.8. The molecule has 0 aliphatic carbocycles. The van der Waals surface area contributed by atoms with Gasteiger partial charge >= 0.3 is 0 Å². The van der Waals surface area contributed by atoms with Gasteiger partial charge in [-0.05, 0) is 42.5 Å². The van der Waals surface area contributed by atoms with Crippen LogP contribution in [0.15, 0.2) is 52.7 Å². The SMILES string of the molecule is COc1ccc(OC)c(-c2csc(NC(=O)CN(C)S(=O)(=O)c3ccc(Cl)cc3)n2)c1. The highest BCUT2D eigenvalue weighted by molar-refractivity contribution is 7.89. The Morgan fingerprint density at radius 3 is 2.52 bits per heavy atom. The Morgan fingerprint density at radius 1 is 1.16 bits per heavy atom. The Bertz CT molecular complexity index is 1180. The highest BCUT2D eigenvalue weighted by Gasteiger charge is 2.23. The number of nitrogens with one attached hydrogen (secondary N) is 1. The molecule has 2 aromatic carbocycles. The van der Waals surface area contributed by atoms with Crippen LogP contribution < -0.4 is 14.8 Å². The Morgan fingerprint density at radius 2 is 1.87 bits per heavy atom. The number of aromatic nitrogens is 1. The van der Waals surface area contributed by atoms with Crippen molar-refractivity contribution >= 4 is 44.0 Å². The van der Waals surface area contributed by atoms with Crippen LogP contribution in [0.5, 0.6) is 11.5 Å². The molecule has 0 aliphatic heterocycles. The van der Waals surface area contributed by atoms with E-state index in [1.165, 1.54) is 42.6 Å². The lowest BCUT2D eigenvalue weighted by molar-refractivity contribution is -0.116. The highest BCUT2D eigenvalue weighted by Crippen LogP contribution is 2.35. The predicted octanol–water partition coefficient (Wildman–Crippen LogP) is 3.74. The molecule has 1 heterocycles. The van der Waals surface area contributed by atoms with Crippen molar-refractivity contribution in [1.82, 2.24) is 9.29 Å². The van der Waals surface area contributed by atoms with Crippen LogP contribution in [0.3, 0.4) is 0 Å². The summed E-state index contributed by atoms with van der Waals surface area (Å²) in [5.74, 6) is 0.736. The zero-order valence-corrected chi connectivity index (χ0v) is 19.3. The van der Waals surface area contributed by atoms with Crippen LogP contribution in [0.4, 0.5) is 5.13 Å². The summed E-state index contributed by atoms with van der Waals surface area (Å²) in [5.41, 5.74) is 1.30. The maximum Gasteiger partial charge on any atom is 0.243 e. The minimum absolute atomic E-state index is 0.0499. The standard InChI is InChI=1S/C20H20ClN3O5S2/c1-24(31(26,27)15-7-4-13(21)5-8-15)11-19(25)23-20-22-17(12-30-20)16-10-14(28-2)6-9-18(16)29-3/h4-10,12H,11H2,1-3H3,(H,22,23,25). The average Bonchev–Trinajstić information content (AvgIpc) is 3.21. The van der Waals surface area contributed by atoms with Crippen molar-refractivity contribution < 1.29 is 22.7 Å². The van der Waals surface area contributed by atoms with Gasteiger partial charge in [0.25, 0.3) is 0 Å². The zero-order valence-electron chi connectivity index (χ0n) is 17.0.